The lowest BCUT2D eigenvalue weighted by molar-refractivity contribution is -0.122. The Balaban J connectivity index is 2.01. The van der Waals surface area contributed by atoms with Crippen molar-refractivity contribution in [2.24, 2.45) is 5.92 Å². The summed E-state index contributed by atoms with van der Waals surface area (Å²) in [5.41, 5.74) is 3.89. The molecule has 0 heterocycles. The molecule has 0 spiro atoms. The highest BCUT2D eigenvalue weighted by Crippen LogP contribution is 2.23. The topological polar surface area (TPSA) is 66.5 Å². The molecule has 0 unspecified atom stereocenters. The van der Waals surface area contributed by atoms with E-state index in [2.05, 4.69) is 19.2 Å². The van der Waals surface area contributed by atoms with Crippen molar-refractivity contribution in [3.63, 3.8) is 0 Å². The molecule has 164 valence electrons. The molecule has 0 radical (unpaired) electrons. The van der Waals surface area contributed by atoms with E-state index in [-0.39, 0.29) is 24.9 Å². The van der Waals surface area contributed by atoms with Gasteiger partial charge in [-0.25, -0.2) is 8.42 Å². The van der Waals surface area contributed by atoms with Gasteiger partial charge in [-0.3, -0.25) is 9.10 Å². The van der Waals surface area contributed by atoms with Crippen molar-refractivity contribution in [2.45, 2.75) is 53.0 Å². The van der Waals surface area contributed by atoms with Crippen LogP contribution in [0.5, 0.6) is 0 Å². The van der Waals surface area contributed by atoms with E-state index in [0.717, 1.165) is 23.1 Å². The molecule has 0 aliphatic carbocycles. The number of rotatable bonds is 10. The van der Waals surface area contributed by atoms with Crippen LogP contribution in [0.15, 0.2) is 48.5 Å². The molecule has 0 aromatic heterocycles. The molecule has 0 bridgehead atoms. The molecule has 6 heteroatoms. The van der Waals surface area contributed by atoms with Gasteiger partial charge in [0.2, 0.25) is 15.9 Å². The quantitative estimate of drug-likeness (QED) is 0.591. The van der Waals surface area contributed by atoms with Crippen LogP contribution in [0, 0.1) is 19.8 Å². The summed E-state index contributed by atoms with van der Waals surface area (Å²) in [4.78, 5) is 12.6. The second kappa shape index (κ2) is 10.6. The van der Waals surface area contributed by atoms with Crippen LogP contribution in [0.2, 0.25) is 0 Å². The normalized spacial score (nSPS) is 12.6. The van der Waals surface area contributed by atoms with Crippen LogP contribution in [0.25, 0.3) is 0 Å². The Bertz CT molecular complexity index is 940. The van der Waals surface area contributed by atoms with Crippen LogP contribution >= 0.6 is 0 Å². The molecule has 1 N–H and O–H groups in total. The third-order valence-electron chi connectivity index (χ3n) is 5.19. The van der Waals surface area contributed by atoms with E-state index in [1.54, 1.807) is 0 Å². The maximum absolute atomic E-state index is 12.6. The van der Waals surface area contributed by atoms with Crippen LogP contribution in [-0.4, -0.2) is 27.1 Å². The summed E-state index contributed by atoms with van der Waals surface area (Å²) in [6.45, 7) is 8.50. The monoisotopic (exact) mass is 430 g/mol. The molecule has 5 nitrogen and oxygen atoms in total. The highest BCUT2D eigenvalue weighted by molar-refractivity contribution is 7.92. The van der Waals surface area contributed by atoms with Crippen LogP contribution in [0.1, 0.15) is 55.8 Å². The standard InChI is InChI=1S/C24H34N2O3S/c1-18(2)16-23(21-10-7-6-8-11-21)25-24(27)12-9-15-26(30(5,28)29)22-14-13-19(3)20(4)17-22/h6-8,10-11,13-14,17-18,23H,9,12,15-16H2,1-5H3,(H,25,27)/t23-/m0/s1. The summed E-state index contributed by atoms with van der Waals surface area (Å²) in [7, 11) is -3.43. The van der Waals surface area contributed by atoms with Crippen LogP contribution in [0.4, 0.5) is 5.69 Å². The molecule has 0 saturated carbocycles. The van der Waals surface area contributed by atoms with Gasteiger partial charge in [0.05, 0.1) is 18.0 Å². The number of aryl methyl sites for hydroxylation is 2. The minimum Gasteiger partial charge on any atom is -0.349 e. The first-order valence-electron chi connectivity index (χ1n) is 10.5. The van der Waals surface area contributed by atoms with E-state index >= 15 is 0 Å². The summed E-state index contributed by atoms with van der Waals surface area (Å²) >= 11 is 0. The first kappa shape index (κ1) is 23.9. The summed E-state index contributed by atoms with van der Waals surface area (Å²) in [6, 6.07) is 15.5. The second-order valence-electron chi connectivity index (χ2n) is 8.37. The zero-order chi connectivity index (χ0) is 22.3. The van der Waals surface area contributed by atoms with E-state index in [0.29, 0.717) is 18.0 Å². The summed E-state index contributed by atoms with van der Waals surface area (Å²) in [5, 5.41) is 3.13. The number of anilines is 1. The lowest BCUT2D eigenvalue weighted by Gasteiger charge is -2.24. The van der Waals surface area contributed by atoms with Crippen LogP contribution in [0.3, 0.4) is 0 Å². The molecule has 1 atom stereocenters. The number of hydrogen-bond donors (Lipinski definition) is 1. The average molecular weight is 431 g/mol. The largest absolute Gasteiger partial charge is 0.349 e. The van der Waals surface area contributed by atoms with Crippen LogP contribution < -0.4 is 9.62 Å². The average Bonchev–Trinajstić information content (AvgIpc) is 2.66. The van der Waals surface area contributed by atoms with Gasteiger partial charge in [-0.1, -0.05) is 50.2 Å². The van der Waals surface area contributed by atoms with E-state index in [9.17, 15) is 13.2 Å². The summed E-state index contributed by atoms with van der Waals surface area (Å²) in [5.74, 6) is 0.388. The van der Waals surface area contributed by atoms with Gasteiger partial charge < -0.3 is 5.32 Å². The second-order valence-corrected chi connectivity index (χ2v) is 10.3. The third kappa shape index (κ3) is 7.17. The molecule has 0 aliphatic heterocycles. The SMILES string of the molecule is Cc1ccc(N(CCCC(=O)N[C@@H](CC(C)C)c2ccccc2)S(C)(=O)=O)cc1C. The molecule has 0 aliphatic rings. The molecule has 2 aromatic rings. The maximum Gasteiger partial charge on any atom is 0.232 e. The highest BCUT2D eigenvalue weighted by atomic mass is 32.2. The van der Waals surface area contributed by atoms with Gasteiger partial charge in [-0.15, -0.1) is 0 Å². The molecule has 2 aromatic carbocycles. The lowest BCUT2D eigenvalue weighted by Crippen LogP contribution is -2.33. The summed E-state index contributed by atoms with van der Waals surface area (Å²) < 4.78 is 26.0. The van der Waals surface area contributed by atoms with Crippen molar-refractivity contribution >= 4 is 21.6 Å². The Hall–Kier alpha value is -2.34. The Morgan fingerprint density at radius 3 is 2.27 bits per heavy atom. The maximum atomic E-state index is 12.6. The zero-order valence-corrected chi connectivity index (χ0v) is 19.5. The number of nitrogens with one attached hydrogen (secondary N) is 1. The van der Waals surface area contributed by atoms with Gasteiger partial charge in [-0.05, 0) is 61.4 Å². The van der Waals surface area contributed by atoms with E-state index in [4.69, 9.17) is 0 Å². The fourth-order valence-electron chi connectivity index (χ4n) is 3.45. The first-order valence-corrected chi connectivity index (χ1v) is 12.3. The number of sulfonamides is 1. The van der Waals surface area contributed by atoms with Crippen molar-refractivity contribution in [3.8, 4) is 0 Å². The third-order valence-corrected chi connectivity index (χ3v) is 6.38. The Morgan fingerprint density at radius 1 is 1.03 bits per heavy atom. The number of carbonyl (C=O) groups excluding carboxylic acids is 1. The minimum atomic E-state index is -3.43. The van der Waals surface area contributed by atoms with Crippen molar-refractivity contribution in [1.29, 1.82) is 0 Å². The molecule has 1 amide bonds. The number of carbonyl (C=O) groups is 1. The van der Waals surface area contributed by atoms with Crippen LogP contribution in [-0.2, 0) is 14.8 Å². The van der Waals surface area contributed by atoms with E-state index in [1.807, 2.05) is 62.4 Å². The number of nitrogens with zero attached hydrogens (tertiary/aromatic N) is 1. The molecule has 30 heavy (non-hydrogen) atoms. The van der Waals surface area contributed by atoms with Gasteiger partial charge in [0.25, 0.3) is 0 Å². The van der Waals surface area contributed by atoms with Gasteiger partial charge in [0, 0.05) is 13.0 Å². The predicted molar refractivity (Wildman–Crippen MR) is 124 cm³/mol. The Labute approximate surface area is 181 Å². The summed E-state index contributed by atoms with van der Waals surface area (Å²) in [6.07, 6.45) is 2.79. The molecular weight excluding hydrogens is 396 g/mol. The first-order chi connectivity index (χ1) is 14.1. The Morgan fingerprint density at radius 2 is 1.70 bits per heavy atom. The van der Waals surface area contributed by atoms with Crippen molar-refractivity contribution in [3.05, 3.63) is 65.2 Å². The fraction of sp³-hybridized carbons (Fsp3) is 0.458. The molecule has 0 fully saturated rings. The fourth-order valence-corrected chi connectivity index (χ4v) is 4.41. The zero-order valence-electron chi connectivity index (χ0n) is 18.7. The van der Waals surface area contributed by atoms with Crippen molar-refractivity contribution in [1.82, 2.24) is 5.32 Å². The van der Waals surface area contributed by atoms with Crippen molar-refractivity contribution in [2.75, 3.05) is 17.1 Å². The number of hydrogen-bond acceptors (Lipinski definition) is 3. The van der Waals surface area contributed by atoms with E-state index < -0.39 is 10.0 Å². The van der Waals surface area contributed by atoms with Gasteiger partial charge in [0.1, 0.15) is 0 Å². The van der Waals surface area contributed by atoms with Gasteiger partial charge in [-0.2, -0.15) is 0 Å². The van der Waals surface area contributed by atoms with E-state index in [1.165, 1.54) is 10.6 Å². The van der Waals surface area contributed by atoms with Crippen molar-refractivity contribution < 1.29 is 13.2 Å². The molecule has 2 rings (SSSR count). The van der Waals surface area contributed by atoms with Gasteiger partial charge >= 0.3 is 0 Å². The molecular formula is C24H34N2O3S. The highest BCUT2D eigenvalue weighted by Gasteiger charge is 2.19. The van der Waals surface area contributed by atoms with Gasteiger partial charge in [0.15, 0.2) is 0 Å². The smallest absolute Gasteiger partial charge is 0.232 e. The Kier molecular flexibility index (Phi) is 8.47. The minimum absolute atomic E-state index is 0.0375. The number of benzene rings is 2. The molecule has 0 saturated heterocycles. The predicted octanol–water partition coefficient (Wildman–Crippen LogP) is 4.75. The number of amides is 1. The lowest BCUT2D eigenvalue weighted by atomic mass is 9.97.